The SMILES string of the molecule is CCN1C(=O)/C(=C\c2cc(C)n(-c3ccc(OCc4ccccc4F)cc3)c2C)C(=O)N(c2ccc(Cl)cc2)C1=S. The van der Waals surface area contributed by atoms with Crippen LogP contribution in [-0.2, 0) is 16.2 Å². The first-order valence-corrected chi connectivity index (χ1v) is 13.8. The number of aromatic nitrogens is 1. The van der Waals surface area contributed by atoms with Gasteiger partial charge in [0.25, 0.3) is 11.8 Å². The molecule has 0 radical (unpaired) electrons. The van der Waals surface area contributed by atoms with Crippen LogP contribution in [0.1, 0.15) is 29.4 Å². The molecule has 0 bridgehead atoms. The van der Waals surface area contributed by atoms with Crippen molar-refractivity contribution in [2.24, 2.45) is 0 Å². The molecule has 2 heterocycles. The van der Waals surface area contributed by atoms with Crippen LogP contribution < -0.4 is 9.64 Å². The highest BCUT2D eigenvalue weighted by atomic mass is 35.5. The van der Waals surface area contributed by atoms with E-state index in [1.807, 2.05) is 55.7 Å². The van der Waals surface area contributed by atoms with Gasteiger partial charge in [0.15, 0.2) is 5.11 Å². The van der Waals surface area contributed by atoms with E-state index in [0.29, 0.717) is 28.6 Å². The van der Waals surface area contributed by atoms with Gasteiger partial charge in [0.2, 0.25) is 0 Å². The van der Waals surface area contributed by atoms with Gasteiger partial charge in [0.1, 0.15) is 23.7 Å². The van der Waals surface area contributed by atoms with Gasteiger partial charge in [-0.1, -0.05) is 29.8 Å². The summed E-state index contributed by atoms with van der Waals surface area (Å²) in [7, 11) is 0. The Bertz CT molecular complexity index is 1680. The molecule has 9 heteroatoms. The highest BCUT2D eigenvalue weighted by Crippen LogP contribution is 2.30. The second kappa shape index (κ2) is 11.7. The number of likely N-dealkylation sites (N-methyl/N-ethyl adjacent to an activating group) is 1. The summed E-state index contributed by atoms with van der Waals surface area (Å²) in [5, 5.41) is 0.658. The van der Waals surface area contributed by atoms with Crippen molar-refractivity contribution in [3.63, 3.8) is 0 Å². The van der Waals surface area contributed by atoms with Gasteiger partial charge in [-0.3, -0.25) is 19.4 Å². The van der Waals surface area contributed by atoms with Crippen LogP contribution >= 0.6 is 23.8 Å². The number of halogens is 2. The molecule has 0 saturated carbocycles. The number of thiocarbonyl (C=S) groups is 1. The number of carbonyl (C=O) groups excluding carboxylic acids is 2. The van der Waals surface area contributed by atoms with Gasteiger partial charge in [-0.05, 0) is 105 Å². The van der Waals surface area contributed by atoms with E-state index in [0.717, 1.165) is 22.6 Å². The number of aryl methyl sites for hydroxylation is 1. The monoisotopic (exact) mass is 587 g/mol. The maximum absolute atomic E-state index is 13.9. The van der Waals surface area contributed by atoms with Crippen LogP contribution in [0.15, 0.2) is 84.4 Å². The second-order valence-corrected chi connectivity index (χ2v) is 10.3. The zero-order valence-electron chi connectivity index (χ0n) is 22.7. The van der Waals surface area contributed by atoms with Gasteiger partial charge in [-0.2, -0.15) is 0 Å². The van der Waals surface area contributed by atoms with E-state index >= 15 is 0 Å². The third-order valence-corrected chi connectivity index (χ3v) is 7.60. The van der Waals surface area contributed by atoms with Crippen LogP contribution in [0.3, 0.4) is 0 Å². The van der Waals surface area contributed by atoms with Crippen LogP contribution in [0.5, 0.6) is 5.75 Å². The Hall–Kier alpha value is -4.27. The van der Waals surface area contributed by atoms with E-state index in [-0.39, 0.29) is 23.1 Å². The number of benzene rings is 3. The molecule has 1 aliphatic heterocycles. The van der Waals surface area contributed by atoms with E-state index in [2.05, 4.69) is 0 Å². The van der Waals surface area contributed by atoms with Crippen LogP contribution in [0.4, 0.5) is 10.1 Å². The van der Waals surface area contributed by atoms with Crippen molar-refractivity contribution < 1.29 is 18.7 Å². The van der Waals surface area contributed by atoms with Gasteiger partial charge in [-0.25, -0.2) is 4.39 Å². The Morgan fingerprint density at radius 2 is 1.59 bits per heavy atom. The van der Waals surface area contributed by atoms with Gasteiger partial charge >= 0.3 is 0 Å². The number of hydrogen-bond acceptors (Lipinski definition) is 4. The molecule has 0 atom stereocenters. The predicted octanol–water partition coefficient (Wildman–Crippen LogP) is 7.03. The molecule has 3 aromatic carbocycles. The van der Waals surface area contributed by atoms with E-state index < -0.39 is 11.8 Å². The normalized spacial score (nSPS) is 14.8. The smallest absolute Gasteiger partial charge is 0.270 e. The zero-order valence-corrected chi connectivity index (χ0v) is 24.3. The fraction of sp³-hybridized carbons (Fsp3) is 0.156. The van der Waals surface area contributed by atoms with Crippen molar-refractivity contribution in [2.75, 3.05) is 11.4 Å². The molecule has 0 unspecified atom stereocenters. The van der Waals surface area contributed by atoms with Gasteiger partial charge in [0.05, 0.1) is 5.69 Å². The fourth-order valence-corrected chi connectivity index (χ4v) is 5.35. The van der Waals surface area contributed by atoms with E-state index in [1.54, 1.807) is 48.5 Å². The molecule has 0 N–H and O–H groups in total. The average molecular weight is 588 g/mol. The standard InChI is InChI=1S/C32H27ClFN3O3S/c1-4-35-30(38)28(31(39)37(32(35)41)26-11-9-24(33)10-12-26)18-23-17-20(2)36(21(23)3)25-13-15-27(16-14-25)40-19-22-7-5-6-8-29(22)34/h5-18H,4,19H2,1-3H3/b28-18+. The largest absolute Gasteiger partial charge is 0.489 e. The molecule has 41 heavy (non-hydrogen) atoms. The van der Waals surface area contributed by atoms with Crippen LogP contribution in [0.2, 0.25) is 5.02 Å². The highest BCUT2D eigenvalue weighted by molar-refractivity contribution is 7.80. The summed E-state index contributed by atoms with van der Waals surface area (Å²) in [5.74, 6) is -0.625. The topological polar surface area (TPSA) is 54.8 Å². The van der Waals surface area contributed by atoms with Crippen molar-refractivity contribution in [3.05, 3.63) is 118 Å². The fourth-order valence-electron chi connectivity index (χ4n) is 4.83. The zero-order chi connectivity index (χ0) is 29.3. The molecule has 1 saturated heterocycles. The lowest BCUT2D eigenvalue weighted by molar-refractivity contribution is -0.127. The number of nitrogens with zero attached hydrogens (tertiary/aromatic N) is 3. The quantitative estimate of drug-likeness (QED) is 0.132. The number of carbonyl (C=O) groups is 2. The summed E-state index contributed by atoms with van der Waals surface area (Å²) in [5.41, 5.74) is 4.42. The Balaban J connectivity index is 1.44. The lowest BCUT2D eigenvalue weighted by Gasteiger charge is -2.36. The average Bonchev–Trinajstić information content (AvgIpc) is 3.24. The van der Waals surface area contributed by atoms with Crippen molar-refractivity contribution in [2.45, 2.75) is 27.4 Å². The molecule has 208 valence electrons. The third-order valence-electron chi connectivity index (χ3n) is 6.95. The minimum atomic E-state index is -0.492. The van der Waals surface area contributed by atoms with Gasteiger partial charge in [0, 0.05) is 34.2 Å². The van der Waals surface area contributed by atoms with Crippen LogP contribution in [0, 0.1) is 19.7 Å². The first-order valence-electron chi connectivity index (χ1n) is 13.0. The van der Waals surface area contributed by atoms with E-state index in [9.17, 15) is 14.0 Å². The van der Waals surface area contributed by atoms with Crippen molar-refractivity contribution >= 4 is 52.5 Å². The molecule has 4 aromatic rings. The summed E-state index contributed by atoms with van der Waals surface area (Å²) < 4.78 is 21.7. The summed E-state index contributed by atoms with van der Waals surface area (Å²) in [6.07, 6.45) is 1.63. The molecule has 5 rings (SSSR count). The van der Waals surface area contributed by atoms with Gasteiger partial charge < -0.3 is 9.30 Å². The molecular formula is C32H27ClFN3O3S. The highest BCUT2D eigenvalue weighted by Gasteiger charge is 2.39. The Labute approximate surface area is 248 Å². The summed E-state index contributed by atoms with van der Waals surface area (Å²) >= 11 is 11.6. The lowest BCUT2D eigenvalue weighted by atomic mass is 10.1. The summed E-state index contributed by atoms with van der Waals surface area (Å²) in [4.78, 5) is 29.8. The Morgan fingerprint density at radius 3 is 2.24 bits per heavy atom. The van der Waals surface area contributed by atoms with Crippen molar-refractivity contribution in [3.8, 4) is 11.4 Å². The second-order valence-electron chi connectivity index (χ2n) is 9.54. The predicted molar refractivity (Wildman–Crippen MR) is 163 cm³/mol. The van der Waals surface area contributed by atoms with Crippen LogP contribution in [0.25, 0.3) is 11.8 Å². The molecule has 1 aromatic heterocycles. The molecular weight excluding hydrogens is 561 g/mol. The van der Waals surface area contributed by atoms with Gasteiger partial charge in [-0.15, -0.1) is 0 Å². The number of amides is 2. The summed E-state index contributed by atoms with van der Waals surface area (Å²) in [6.45, 7) is 6.14. The Morgan fingerprint density at radius 1 is 0.927 bits per heavy atom. The van der Waals surface area contributed by atoms with Crippen LogP contribution in [-0.4, -0.2) is 32.9 Å². The number of anilines is 1. The maximum atomic E-state index is 13.9. The third kappa shape index (κ3) is 5.53. The molecule has 0 aliphatic carbocycles. The minimum absolute atomic E-state index is 0.0209. The first-order chi connectivity index (χ1) is 19.7. The number of ether oxygens (including phenoxy) is 1. The van der Waals surface area contributed by atoms with Crippen molar-refractivity contribution in [1.29, 1.82) is 0 Å². The maximum Gasteiger partial charge on any atom is 0.270 e. The van der Waals surface area contributed by atoms with E-state index in [4.69, 9.17) is 28.6 Å². The number of rotatable bonds is 7. The Kier molecular flexibility index (Phi) is 8.06. The first kappa shape index (κ1) is 28.3. The molecule has 6 nitrogen and oxygen atoms in total. The molecule has 2 amide bonds. The molecule has 1 aliphatic rings. The summed E-state index contributed by atoms with van der Waals surface area (Å²) in [6, 6.07) is 22.6. The lowest BCUT2D eigenvalue weighted by Crippen LogP contribution is -2.56. The molecule has 1 fully saturated rings. The minimum Gasteiger partial charge on any atom is -0.489 e. The van der Waals surface area contributed by atoms with Crippen molar-refractivity contribution in [1.82, 2.24) is 9.47 Å². The number of hydrogen-bond donors (Lipinski definition) is 0. The molecule has 0 spiro atoms. The van der Waals surface area contributed by atoms with E-state index in [1.165, 1.54) is 15.9 Å².